The molecule has 0 saturated carbocycles. The van der Waals surface area contributed by atoms with E-state index in [1.807, 2.05) is 31.2 Å². The van der Waals surface area contributed by atoms with Crippen LogP contribution in [0.2, 0.25) is 0 Å². The number of nitrogens with one attached hydrogen (secondary N) is 2. The first-order chi connectivity index (χ1) is 10.5. The molecule has 1 amide bonds. The van der Waals surface area contributed by atoms with Crippen LogP contribution in [0.25, 0.3) is 0 Å². The number of anilines is 2. The molecule has 1 aliphatic heterocycles. The van der Waals surface area contributed by atoms with Gasteiger partial charge in [-0.2, -0.15) is 5.10 Å². The molecule has 5 heteroatoms. The van der Waals surface area contributed by atoms with E-state index in [0.29, 0.717) is 16.8 Å². The number of carbonyl (C=O) groups excluding carboxylic acids is 1. The van der Waals surface area contributed by atoms with Gasteiger partial charge in [0.1, 0.15) is 5.75 Å². The molecule has 0 saturated heterocycles. The summed E-state index contributed by atoms with van der Waals surface area (Å²) in [6, 6.07) is 9.47. The number of aryl methyl sites for hydroxylation is 2. The molecule has 112 valence electrons. The number of amides is 1. The van der Waals surface area contributed by atoms with Crippen molar-refractivity contribution >= 4 is 23.0 Å². The van der Waals surface area contributed by atoms with E-state index in [1.54, 1.807) is 19.9 Å². The van der Waals surface area contributed by atoms with Crippen molar-refractivity contribution in [1.29, 1.82) is 0 Å². The molecule has 0 spiro atoms. The Kier molecular flexibility index (Phi) is 3.33. The Morgan fingerprint density at radius 1 is 1.14 bits per heavy atom. The van der Waals surface area contributed by atoms with Crippen LogP contribution in [-0.2, 0) is 4.79 Å². The number of fused-ring (bicyclic) bond motifs is 1. The van der Waals surface area contributed by atoms with Crippen molar-refractivity contribution in [3.8, 4) is 5.75 Å². The Bertz CT molecular complexity index is 793. The Hall–Kier alpha value is -2.82. The number of hydrazone groups is 1. The maximum absolute atomic E-state index is 12.1. The highest BCUT2D eigenvalue weighted by Crippen LogP contribution is 2.35. The zero-order valence-electron chi connectivity index (χ0n) is 12.7. The van der Waals surface area contributed by atoms with E-state index in [-0.39, 0.29) is 17.4 Å². The van der Waals surface area contributed by atoms with Gasteiger partial charge in [0.25, 0.3) is 5.91 Å². The molecule has 3 rings (SSSR count). The van der Waals surface area contributed by atoms with Gasteiger partial charge < -0.3 is 10.4 Å². The van der Waals surface area contributed by atoms with Crippen molar-refractivity contribution in [3.05, 3.63) is 52.6 Å². The summed E-state index contributed by atoms with van der Waals surface area (Å²) in [5.41, 5.74) is 7.83. The molecule has 1 heterocycles. The zero-order chi connectivity index (χ0) is 15.9. The molecule has 22 heavy (non-hydrogen) atoms. The highest BCUT2D eigenvalue weighted by Gasteiger charge is 2.30. The average Bonchev–Trinajstić information content (AvgIpc) is 2.80. The normalized spacial score (nSPS) is 14.9. The summed E-state index contributed by atoms with van der Waals surface area (Å²) < 4.78 is 0. The van der Waals surface area contributed by atoms with E-state index in [0.717, 1.165) is 16.8 Å². The summed E-state index contributed by atoms with van der Waals surface area (Å²) in [6.07, 6.45) is 0. The van der Waals surface area contributed by atoms with Crippen LogP contribution in [0.15, 0.2) is 35.4 Å². The first-order valence-electron chi connectivity index (χ1n) is 7.02. The molecular weight excluding hydrogens is 278 g/mol. The Morgan fingerprint density at radius 3 is 2.50 bits per heavy atom. The molecule has 0 radical (unpaired) electrons. The minimum absolute atomic E-state index is 0.193. The molecule has 0 atom stereocenters. The van der Waals surface area contributed by atoms with Gasteiger partial charge in [0.05, 0.1) is 11.4 Å². The highest BCUT2D eigenvalue weighted by atomic mass is 16.3. The molecular formula is C17H17N3O2. The Morgan fingerprint density at radius 2 is 1.82 bits per heavy atom. The number of rotatable bonds is 2. The lowest BCUT2D eigenvalue weighted by molar-refractivity contribution is -0.110. The fourth-order valence-corrected chi connectivity index (χ4v) is 2.53. The molecule has 0 aliphatic carbocycles. The fourth-order valence-electron chi connectivity index (χ4n) is 2.53. The molecule has 3 N–H and O–H groups in total. The van der Waals surface area contributed by atoms with E-state index in [4.69, 9.17) is 0 Å². The van der Waals surface area contributed by atoms with Crippen LogP contribution in [0, 0.1) is 20.8 Å². The summed E-state index contributed by atoms with van der Waals surface area (Å²) >= 11 is 0. The first kappa shape index (κ1) is 14.1. The van der Waals surface area contributed by atoms with Gasteiger partial charge in [0.15, 0.2) is 5.71 Å². The second-order valence-corrected chi connectivity index (χ2v) is 5.48. The second-order valence-electron chi connectivity index (χ2n) is 5.48. The molecule has 1 aliphatic rings. The number of aromatic hydroxyl groups is 1. The topological polar surface area (TPSA) is 73.7 Å². The van der Waals surface area contributed by atoms with Crippen LogP contribution in [0.4, 0.5) is 11.4 Å². The van der Waals surface area contributed by atoms with Crippen molar-refractivity contribution in [1.82, 2.24) is 0 Å². The van der Waals surface area contributed by atoms with Crippen LogP contribution in [0.3, 0.4) is 0 Å². The Labute approximate surface area is 128 Å². The third-order valence-corrected chi connectivity index (χ3v) is 3.78. The minimum Gasteiger partial charge on any atom is -0.507 e. The van der Waals surface area contributed by atoms with E-state index in [2.05, 4.69) is 15.8 Å². The first-order valence-corrected chi connectivity index (χ1v) is 7.02. The highest BCUT2D eigenvalue weighted by molar-refractivity contribution is 6.54. The standard InChI is InChI=1S/C17H17N3O2/c1-9-4-6-12(7-5-9)19-20-15-14-11(3)16(21)10(2)8-13(14)18-17(15)22/h4-8,19,21H,1-3H3,(H,18,20,22). The van der Waals surface area contributed by atoms with E-state index in [1.165, 1.54) is 0 Å². The van der Waals surface area contributed by atoms with Crippen molar-refractivity contribution in [3.63, 3.8) is 0 Å². The van der Waals surface area contributed by atoms with Crippen LogP contribution in [0.5, 0.6) is 5.75 Å². The van der Waals surface area contributed by atoms with E-state index < -0.39 is 0 Å². The van der Waals surface area contributed by atoms with Crippen molar-refractivity contribution in [2.75, 3.05) is 10.7 Å². The van der Waals surface area contributed by atoms with E-state index >= 15 is 0 Å². The number of phenolic OH excluding ortho intramolecular Hbond substituents is 1. The monoisotopic (exact) mass is 295 g/mol. The summed E-state index contributed by atoms with van der Waals surface area (Å²) in [6.45, 7) is 5.59. The molecule has 5 nitrogen and oxygen atoms in total. The van der Waals surface area contributed by atoms with Crippen LogP contribution >= 0.6 is 0 Å². The lowest BCUT2D eigenvalue weighted by atomic mass is 10.0. The SMILES string of the molecule is Cc1ccc(N/N=C2\C(=O)Nc3cc(C)c(O)c(C)c32)cc1. The number of hydrogen-bond acceptors (Lipinski definition) is 4. The van der Waals surface area contributed by atoms with Crippen molar-refractivity contribution in [2.45, 2.75) is 20.8 Å². The number of phenols is 1. The predicted molar refractivity (Wildman–Crippen MR) is 87.5 cm³/mol. The molecule has 0 fully saturated rings. The fraction of sp³-hybridized carbons (Fsp3) is 0.176. The van der Waals surface area contributed by atoms with Gasteiger partial charge in [-0.1, -0.05) is 17.7 Å². The number of nitrogens with zero attached hydrogens (tertiary/aromatic N) is 1. The van der Waals surface area contributed by atoms with Gasteiger partial charge in [0.2, 0.25) is 0 Å². The van der Waals surface area contributed by atoms with Crippen LogP contribution in [-0.4, -0.2) is 16.7 Å². The van der Waals surface area contributed by atoms with Crippen molar-refractivity contribution in [2.24, 2.45) is 5.10 Å². The van der Waals surface area contributed by atoms with Gasteiger partial charge >= 0.3 is 0 Å². The van der Waals surface area contributed by atoms with Gasteiger partial charge in [-0.15, -0.1) is 0 Å². The number of hydrogen-bond donors (Lipinski definition) is 3. The van der Waals surface area contributed by atoms with Gasteiger partial charge in [-0.05, 0) is 44.5 Å². The largest absolute Gasteiger partial charge is 0.507 e. The maximum Gasteiger partial charge on any atom is 0.276 e. The summed E-state index contributed by atoms with van der Waals surface area (Å²) in [5.74, 6) is -0.0824. The molecule has 2 aromatic carbocycles. The minimum atomic E-state index is -0.275. The summed E-state index contributed by atoms with van der Waals surface area (Å²) in [4.78, 5) is 12.1. The summed E-state index contributed by atoms with van der Waals surface area (Å²) in [5, 5.41) is 17.1. The predicted octanol–water partition coefficient (Wildman–Crippen LogP) is 3.09. The Balaban J connectivity index is 1.99. The van der Waals surface area contributed by atoms with Crippen molar-refractivity contribution < 1.29 is 9.90 Å². The zero-order valence-corrected chi connectivity index (χ0v) is 12.7. The van der Waals surface area contributed by atoms with Gasteiger partial charge in [0, 0.05) is 11.1 Å². The molecule has 0 bridgehead atoms. The second kappa shape index (κ2) is 5.18. The lowest BCUT2D eigenvalue weighted by Gasteiger charge is -2.08. The van der Waals surface area contributed by atoms with Crippen LogP contribution in [0.1, 0.15) is 22.3 Å². The number of benzene rings is 2. The van der Waals surface area contributed by atoms with Crippen LogP contribution < -0.4 is 10.7 Å². The lowest BCUT2D eigenvalue weighted by Crippen LogP contribution is -2.16. The smallest absolute Gasteiger partial charge is 0.276 e. The maximum atomic E-state index is 12.1. The van der Waals surface area contributed by atoms with E-state index in [9.17, 15) is 9.90 Å². The molecule has 0 unspecified atom stereocenters. The van der Waals surface area contributed by atoms with Gasteiger partial charge in [-0.25, -0.2) is 0 Å². The quantitative estimate of drug-likeness (QED) is 0.589. The number of carbonyl (C=O) groups is 1. The molecule has 2 aromatic rings. The third kappa shape index (κ3) is 2.30. The average molecular weight is 295 g/mol. The summed E-state index contributed by atoms with van der Waals surface area (Å²) in [7, 11) is 0. The molecule has 0 aromatic heterocycles. The third-order valence-electron chi connectivity index (χ3n) is 3.78. The van der Waals surface area contributed by atoms with Gasteiger partial charge in [-0.3, -0.25) is 10.2 Å².